The normalized spacial score (nSPS) is 11.0. The van der Waals surface area contributed by atoms with Crippen LogP contribution in [0.4, 0.5) is 0 Å². The number of benzene rings is 2. The number of fused-ring (bicyclic) bond motifs is 2. The molecule has 0 spiro atoms. The average molecular weight is 273 g/mol. The fraction of sp³-hybridized carbons (Fsp3) is 0. The molecule has 0 radical (unpaired) electrons. The number of carbonyl (C=O) groups is 1. The zero-order valence-electron chi connectivity index (χ0n) is 9.86. The molecule has 0 saturated carbocycles. The lowest BCUT2D eigenvalue weighted by molar-refractivity contribution is -0.566. The second kappa shape index (κ2) is 3.95. The van der Waals surface area contributed by atoms with E-state index in [4.69, 9.17) is 9.52 Å². The minimum absolute atomic E-state index is 0.0481. The van der Waals surface area contributed by atoms with Gasteiger partial charge in [-0.15, -0.1) is 0 Å². The molecule has 0 fully saturated rings. The van der Waals surface area contributed by atoms with E-state index in [1.165, 1.54) is 18.2 Å². The van der Waals surface area contributed by atoms with Crippen LogP contribution in [0.15, 0.2) is 39.5 Å². The molecule has 3 rings (SSSR count). The molecule has 7 heteroatoms. The van der Waals surface area contributed by atoms with Crippen molar-refractivity contribution in [2.24, 2.45) is 0 Å². The summed E-state index contributed by atoms with van der Waals surface area (Å²) in [6.45, 7) is 0. The van der Waals surface area contributed by atoms with Gasteiger partial charge in [0.25, 0.3) is 11.2 Å². The first-order valence-electron chi connectivity index (χ1n) is 5.54. The summed E-state index contributed by atoms with van der Waals surface area (Å²) in [4.78, 5) is 22.4. The van der Waals surface area contributed by atoms with Crippen molar-refractivity contribution in [2.45, 2.75) is 0 Å². The first-order valence-corrected chi connectivity index (χ1v) is 5.54. The molecule has 100 valence electrons. The lowest BCUT2D eigenvalue weighted by Crippen LogP contribution is -2.31. The number of rotatable bonds is 1. The van der Waals surface area contributed by atoms with E-state index >= 15 is 0 Å². The van der Waals surface area contributed by atoms with Gasteiger partial charge in [-0.25, -0.2) is 4.79 Å². The predicted molar refractivity (Wildman–Crippen MR) is 66.7 cm³/mol. The fourth-order valence-corrected chi connectivity index (χ4v) is 2.01. The summed E-state index contributed by atoms with van der Waals surface area (Å²) in [5.74, 6) is -2.01. The van der Waals surface area contributed by atoms with Crippen LogP contribution < -0.4 is 10.2 Å². The highest BCUT2D eigenvalue weighted by atomic mass is 16.5. The van der Waals surface area contributed by atoms with Gasteiger partial charge in [0.05, 0.1) is 0 Å². The van der Waals surface area contributed by atoms with Gasteiger partial charge in [-0.2, -0.15) is 4.73 Å². The van der Waals surface area contributed by atoms with Gasteiger partial charge in [0, 0.05) is 18.2 Å². The predicted octanol–water partition coefficient (Wildman–Crippen LogP) is 0.935. The van der Waals surface area contributed by atoms with Crippen LogP contribution in [0.5, 0.6) is 5.75 Å². The molecule has 2 aliphatic rings. The van der Waals surface area contributed by atoms with Crippen LogP contribution in [0.3, 0.4) is 0 Å². The van der Waals surface area contributed by atoms with E-state index in [0.29, 0.717) is 4.73 Å². The third kappa shape index (κ3) is 1.57. The van der Waals surface area contributed by atoms with Crippen molar-refractivity contribution < 1.29 is 24.2 Å². The van der Waals surface area contributed by atoms with Crippen molar-refractivity contribution >= 4 is 17.1 Å². The molecule has 20 heavy (non-hydrogen) atoms. The van der Waals surface area contributed by atoms with Crippen LogP contribution in [-0.2, 0) is 0 Å². The van der Waals surface area contributed by atoms with Gasteiger partial charge in [-0.05, 0) is 12.1 Å². The van der Waals surface area contributed by atoms with E-state index in [9.17, 15) is 19.9 Å². The lowest BCUT2D eigenvalue weighted by atomic mass is 10.1. The molecule has 1 aliphatic carbocycles. The highest BCUT2D eigenvalue weighted by Gasteiger charge is 2.25. The SMILES string of the molecule is O=C(O)c1c(O)ccc2c1oc1cc(=O)ccc-1[n+]2[O-]. The zero-order chi connectivity index (χ0) is 14.4. The van der Waals surface area contributed by atoms with E-state index in [1.807, 2.05) is 0 Å². The second-order valence-electron chi connectivity index (χ2n) is 4.14. The standard InChI is InChI=1S/C13H7NO6/c15-6-1-2-7-10(5-6)20-12-8(14(7)19)3-4-9(16)11(12)13(17)18/h1-5,16H,(H,17,18). The molecule has 0 unspecified atom stereocenters. The number of phenols is 1. The van der Waals surface area contributed by atoms with Crippen molar-refractivity contribution in [3.63, 3.8) is 0 Å². The Kier molecular flexibility index (Phi) is 2.37. The van der Waals surface area contributed by atoms with Gasteiger partial charge in [-0.1, -0.05) is 0 Å². The number of carboxylic acids is 1. The van der Waals surface area contributed by atoms with E-state index in [-0.39, 0.29) is 28.0 Å². The van der Waals surface area contributed by atoms with Crippen molar-refractivity contribution in [3.05, 3.63) is 51.3 Å². The highest BCUT2D eigenvalue weighted by molar-refractivity contribution is 6.02. The molecule has 1 heterocycles. The Morgan fingerprint density at radius 3 is 2.70 bits per heavy atom. The van der Waals surface area contributed by atoms with E-state index in [1.54, 1.807) is 0 Å². The molecular weight excluding hydrogens is 266 g/mol. The Hall–Kier alpha value is -3.09. The number of aromatic carboxylic acids is 1. The molecule has 1 aromatic carbocycles. The first kappa shape index (κ1) is 12.0. The molecule has 7 nitrogen and oxygen atoms in total. The van der Waals surface area contributed by atoms with Gasteiger partial charge in [0.2, 0.25) is 11.3 Å². The third-order valence-electron chi connectivity index (χ3n) is 2.91. The average Bonchev–Trinajstić information content (AvgIpc) is 2.37. The van der Waals surface area contributed by atoms with Crippen LogP contribution in [0, 0.1) is 5.21 Å². The molecule has 0 amide bonds. The van der Waals surface area contributed by atoms with Crippen LogP contribution in [0.2, 0.25) is 0 Å². The number of aromatic nitrogens is 1. The van der Waals surface area contributed by atoms with Crippen LogP contribution >= 0.6 is 0 Å². The first-order chi connectivity index (χ1) is 9.49. The number of carboxylic acid groups (broad SMARTS) is 1. The van der Waals surface area contributed by atoms with Gasteiger partial charge in [0.15, 0.2) is 11.0 Å². The lowest BCUT2D eigenvalue weighted by Gasteiger charge is -2.10. The summed E-state index contributed by atoms with van der Waals surface area (Å²) in [6, 6.07) is 5.93. The minimum atomic E-state index is -1.44. The maximum Gasteiger partial charge on any atom is 0.343 e. The molecule has 2 N–H and O–H groups in total. The van der Waals surface area contributed by atoms with Crippen molar-refractivity contribution in [3.8, 4) is 17.2 Å². The van der Waals surface area contributed by atoms with Crippen LogP contribution in [0.1, 0.15) is 10.4 Å². The number of hydrogen-bond donors (Lipinski definition) is 2. The number of aromatic hydroxyl groups is 1. The maximum absolute atomic E-state index is 12.2. The van der Waals surface area contributed by atoms with E-state index < -0.39 is 17.3 Å². The molecule has 0 bridgehead atoms. The zero-order valence-corrected chi connectivity index (χ0v) is 9.86. The summed E-state index contributed by atoms with van der Waals surface area (Å²) in [5, 5.41) is 30.8. The molecule has 0 aromatic heterocycles. The van der Waals surface area contributed by atoms with Crippen molar-refractivity contribution in [1.29, 1.82) is 0 Å². The van der Waals surface area contributed by atoms with Crippen molar-refractivity contribution in [2.75, 3.05) is 0 Å². The highest BCUT2D eigenvalue weighted by Crippen LogP contribution is 2.29. The number of nitrogens with zero attached hydrogens (tertiary/aromatic N) is 1. The summed E-state index contributed by atoms with van der Waals surface area (Å²) >= 11 is 0. The molecule has 1 aliphatic heterocycles. The van der Waals surface area contributed by atoms with Gasteiger partial charge in [-0.3, -0.25) is 4.79 Å². The second-order valence-corrected chi connectivity index (χ2v) is 4.14. The molecule has 0 saturated heterocycles. The molecular formula is C13H7NO6. The summed E-state index contributed by atoms with van der Waals surface area (Å²) in [6.07, 6.45) is 0. The summed E-state index contributed by atoms with van der Waals surface area (Å²) in [5.41, 5.74) is -1.14. The summed E-state index contributed by atoms with van der Waals surface area (Å²) < 4.78 is 5.78. The Morgan fingerprint density at radius 2 is 2.00 bits per heavy atom. The van der Waals surface area contributed by atoms with Gasteiger partial charge >= 0.3 is 5.97 Å². The topological polar surface area (TPSA) is 115 Å². The maximum atomic E-state index is 12.2. The Labute approximate surface area is 110 Å². The Bertz CT molecular complexity index is 882. The van der Waals surface area contributed by atoms with Gasteiger partial charge < -0.3 is 19.8 Å². The van der Waals surface area contributed by atoms with Crippen LogP contribution in [-0.4, -0.2) is 16.2 Å². The monoisotopic (exact) mass is 273 g/mol. The third-order valence-corrected chi connectivity index (χ3v) is 2.91. The van der Waals surface area contributed by atoms with E-state index in [2.05, 4.69) is 0 Å². The fourth-order valence-electron chi connectivity index (χ4n) is 2.01. The minimum Gasteiger partial charge on any atom is -0.618 e. The quantitative estimate of drug-likeness (QED) is 0.387. The molecule has 1 aromatic rings. The number of hydrogen-bond acceptors (Lipinski definition) is 5. The van der Waals surface area contributed by atoms with Crippen LogP contribution in [0.25, 0.3) is 22.6 Å². The summed E-state index contributed by atoms with van der Waals surface area (Å²) in [7, 11) is 0. The largest absolute Gasteiger partial charge is 0.618 e. The molecule has 0 atom stereocenters. The van der Waals surface area contributed by atoms with E-state index in [0.717, 1.165) is 12.1 Å². The Balaban J connectivity index is 2.58. The van der Waals surface area contributed by atoms with Gasteiger partial charge in [0.1, 0.15) is 5.75 Å². The van der Waals surface area contributed by atoms with Crippen molar-refractivity contribution in [1.82, 2.24) is 0 Å². The smallest absolute Gasteiger partial charge is 0.343 e. The Morgan fingerprint density at radius 1 is 1.25 bits per heavy atom.